The maximum Gasteiger partial charge on any atom is 0.270 e. The summed E-state index contributed by atoms with van der Waals surface area (Å²) in [6.07, 6.45) is 0.895. The van der Waals surface area contributed by atoms with E-state index in [-0.39, 0.29) is 5.91 Å². The van der Waals surface area contributed by atoms with Crippen LogP contribution in [0.4, 0.5) is 11.6 Å². The molecule has 0 spiro atoms. The first-order valence-corrected chi connectivity index (χ1v) is 7.04. The first kappa shape index (κ1) is 15.0. The van der Waals surface area contributed by atoms with Crippen LogP contribution in [0.5, 0.6) is 0 Å². The van der Waals surface area contributed by atoms with Gasteiger partial charge in [-0.25, -0.2) is 9.97 Å². The van der Waals surface area contributed by atoms with Crippen LogP contribution in [-0.4, -0.2) is 29.5 Å². The summed E-state index contributed by atoms with van der Waals surface area (Å²) in [5.74, 6) is 0.355. The summed E-state index contributed by atoms with van der Waals surface area (Å²) in [5, 5.41) is 2.83. The van der Waals surface area contributed by atoms with E-state index < -0.39 is 0 Å². The van der Waals surface area contributed by atoms with Gasteiger partial charge in [-0.1, -0.05) is 25.1 Å². The molecule has 5 nitrogen and oxygen atoms in total. The van der Waals surface area contributed by atoms with E-state index >= 15 is 0 Å². The summed E-state index contributed by atoms with van der Waals surface area (Å²) in [5.41, 5.74) is 2.14. The van der Waals surface area contributed by atoms with Crippen molar-refractivity contribution in [2.75, 3.05) is 18.5 Å². The van der Waals surface area contributed by atoms with E-state index in [1.807, 2.05) is 56.1 Å². The van der Waals surface area contributed by atoms with Gasteiger partial charge in [-0.3, -0.25) is 4.79 Å². The number of hydrogen-bond acceptors (Lipinski definition) is 4. The number of amides is 1. The molecule has 2 aromatic rings. The average Bonchev–Trinajstić information content (AvgIpc) is 2.52. The number of carbonyl (C=O) groups is 1. The monoisotopic (exact) mass is 284 g/mol. The zero-order chi connectivity index (χ0) is 15.2. The minimum absolute atomic E-state index is 0.162. The summed E-state index contributed by atoms with van der Waals surface area (Å²) in [6.45, 7) is 4.52. The lowest BCUT2D eigenvalue weighted by Gasteiger charge is -2.18. The van der Waals surface area contributed by atoms with Crippen LogP contribution in [0.1, 0.15) is 29.5 Å². The van der Waals surface area contributed by atoms with Gasteiger partial charge in [-0.05, 0) is 31.5 Å². The van der Waals surface area contributed by atoms with Gasteiger partial charge < -0.3 is 10.2 Å². The van der Waals surface area contributed by atoms with Crippen LogP contribution >= 0.6 is 0 Å². The van der Waals surface area contributed by atoms with Crippen LogP contribution in [0.15, 0.2) is 36.4 Å². The number of nitrogens with one attached hydrogen (secondary N) is 1. The zero-order valence-electron chi connectivity index (χ0n) is 12.6. The lowest BCUT2D eigenvalue weighted by Crippen LogP contribution is -2.26. The van der Waals surface area contributed by atoms with Gasteiger partial charge >= 0.3 is 0 Å². The van der Waals surface area contributed by atoms with Gasteiger partial charge in [0.25, 0.3) is 5.91 Å². The molecule has 0 unspecified atom stereocenters. The molecular formula is C16H20N4O. The highest BCUT2D eigenvalue weighted by Gasteiger charge is 2.13. The molecule has 0 aliphatic heterocycles. The highest BCUT2D eigenvalue weighted by Crippen LogP contribution is 2.19. The van der Waals surface area contributed by atoms with Crippen LogP contribution in [0.3, 0.4) is 0 Å². The number of nitrogens with zero attached hydrogens (tertiary/aromatic N) is 3. The minimum atomic E-state index is -0.162. The third-order valence-electron chi connectivity index (χ3n) is 3.05. The summed E-state index contributed by atoms with van der Waals surface area (Å²) in [7, 11) is 1.89. The third-order valence-corrected chi connectivity index (χ3v) is 3.05. The maximum atomic E-state index is 12.0. The molecule has 0 bridgehead atoms. The Bertz CT molecular complexity index is 613. The second kappa shape index (κ2) is 6.83. The Labute approximate surface area is 125 Å². The highest BCUT2D eigenvalue weighted by atomic mass is 16.1. The number of aromatic nitrogens is 2. The van der Waals surface area contributed by atoms with Gasteiger partial charge in [0.15, 0.2) is 0 Å². The molecule has 0 saturated carbocycles. The van der Waals surface area contributed by atoms with Gasteiger partial charge in [0.1, 0.15) is 5.69 Å². The third kappa shape index (κ3) is 3.78. The minimum Gasteiger partial charge on any atom is -0.351 e. The maximum absolute atomic E-state index is 12.0. The molecule has 1 aromatic carbocycles. The molecule has 0 radical (unpaired) electrons. The summed E-state index contributed by atoms with van der Waals surface area (Å²) >= 11 is 0. The zero-order valence-corrected chi connectivity index (χ0v) is 12.6. The van der Waals surface area contributed by atoms with Gasteiger partial charge in [-0.15, -0.1) is 0 Å². The van der Waals surface area contributed by atoms with E-state index in [0.717, 1.165) is 17.8 Å². The lowest BCUT2D eigenvalue weighted by molar-refractivity contribution is 0.0948. The van der Waals surface area contributed by atoms with Gasteiger partial charge in [0.05, 0.1) is 0 Å². The Morgan fingerprint density at radius 1 is 1.24 bits per heavy atom. The van der Waals surface area contributed by atoms with Crippen molar-refractivity contribution in [2.45, 2.75) is 20.3 Å². The van der Waals surface area contributed by atoms with Crippen molar-refractivity contribution in [1.82, 2.24) is 15.3 Å². The number of rotatable bonds is 5. The average molecular weight is 284 g/mol. The van der Waals surface area contributed by atoms with Gasteiger partial charge in [0.2, 0.25) is 5.95 Å². The predicted molar refractivity (Wildman–Crippen MR) is 83.9 cm³/mol. The van der Waals surface area contributed by atoms with Crippen molar-refractivity contribution in [3.63, 3.8) is 0 Å². The molecule has 0 aliphatic rings. The van der Waals surface area contributed by atoms with Crippen LogP contribution in [0.2, 0.25) is 0 Å². The van der Waals surface area contributed by atoms with Crippen molar-refractivity contribution >= 4 is 17.5 Å². The molecule has 110 valence electrons. The van der Waals surface area contributed by atoms with Gasteiger partial charge in [0, 0.05) is 25.0 Å². The Morgan fingerprint density at radius 3 is 2.62 bits per heavy atom. The Kier molecular flexibility index (Phi) is 4.87. The predicted octanol–water partition coefficient (Wildman–Crippen LogP) is 2.69. The molecule has 5 heteroatoms. The molecule has 0 atom stereocenters. The van der Waals surface area contributed by atoms with Crippen LogP contribution in [0.25, 0.3) is 0 Å². The summed E-state index contributed by atoms with van der Waals surface area (Å²) < 4.78 is 0. The summed E-state index contributed by atoms with van der Waals surface area (Å²) in [6, 6.07) is 11.5. The largest absolute Gasteiger partial charge is 0.351 e. The van der Waals surface area contributed by atoms with Crippen molar-refractivity contribution in [2.24, 2.45) is 0 Å². The number of hydrogen-bond donors (Lipinski definition) is 1. The number of aryl methyl sites for hydroxylation is 1. The quantitative estimate of drug-likeness (QED) is 0.917. The second-order valence-electron chi connectivity index (χ2n) is 4.85. The van der Waals surface area contributed by atoms with Gasteiger partial charge in [-0.2, -0.15) is 0 Å². The lowest BCUT2D eigenvalue weighted by atomic mass is 10.3. The second-order valence-corrected chi connectivity index (χ2v) is 4.85. The molecule has 2 rings (SSSR count). The van der Waals surface area contributed by atoms with E-state index in [1.54, 1.807) is 6.07 Å². The van der Waals surface area contributed by atoms with E-state index in [2.05, 4.69) is 15.3 Å². The fourth-order valence-corrected chi connectivity index (χ4v) is 1.92. The fourth-order valence-electron chi connectivity index (χ4n) is 1.92. The van der Waals surface area contributed by atoms with E-state index in [1.165, 1.54) is 0 Å². The first-order valence-electron chi connectivity index (χ1n) is 7.04. The number of para-hydroxylation sites is 1. The molecule has 21 heavy (non-hydrogen) atoms. The van der Waals surface area contributed by atoms with E-state index in [0.29, 0.717) is 18.2 Å². The number of benzene rings is 1. The Balaban J connectivity index is 2.28. The SMILES string of the molecule is CCCNC(=O)c1cc(C)nc(N(C)c2ccccc2)n1. The van der Waals surface area contributed by atoms with Crippen LogP contribution in [0, 0.1) is 6.92 Å². The fraction of sp³-hybridized carbons (Fsp3) is 0.312. The Morgan fingerprint density at radius 2 is 1.95 bits per heavy atom. The molecule has 1 N–H and O–H groups in total. The van der Waals surface area contributed by atoms with E-state index in [9.17, 15) is 4.79 Å². The first-order chi connectivity index (χ1) is 10.1. The normalized spacial score (nSPS) is 10.2. The molecule has 1 amide bonds. The van der Waals surface area contributed by atoms with Crippen LogP contribution < -0.4 is 10.2 Å². The van der Waals surface area contributed by atoms with Crippen molar-refractivity contribution in [1.29, 1.82) is 0 Å². The molecule has 0 fully saturated rings. The summed E-state index contributed by atoms with van der Waals surface area (Å²) in [4.78, 5) is 22.7. The van der Waals surface area contributed by atoms with Crippen LogP contribution in [-0.2, 0) is 0 Å². The molecule has 1 aromatic heterocycles. The number of carbonyl (C=O) groups excluding carboxylic acids is 1. The molecule has 1 heterocycles. The molecular weight excluding hydrogens is 264 g/mol. The highest BCUT2D eigenvalue weighted by molar-refractivity contribution is 5.92. The van der Waals surface area contributed by atoms with E-state index in [4.69, 9.17) is 0 Å². The van der Waals surface area contributed by atoms with Crippen molar-refractivity contribution in [3.05, 3.63) is 47.8 Å². The van der Waals surface area contributed by atoms with Crippen molar-refractivity contribution < 1.29 is 4.79 Å². The van der Waals surface area contributed by atoms with Crippen molar-refractivity contribution in [3.8, 4) is 0 Å². The Hall–Kier alpha value is -2.43. The number of anilines is 2. The molecule has 0 aliphatic carbocycles. The molecule has 0 saturated heterocycles. The smallest absolute Gasteiger partial charge is 0.270 e. The standard InChI is InChI=1S/C16H20N4O/c1-4-10-17-15(21)14-11-12(2)18-16(19-14)20(3)13-8-6-5-7-9-13/h5-9,11H,4,10H2,1-3H3,(H,17,21). The topological polar surface area (TPSA) is 58.1 Å².